The van der Waals surface area contributed by atoms with Gasteiger partial charge in [0.1, 0.15) is 5.01 Å². The molecule has 1 saturated carbocycles. The quantitative estimate of drug-likeness (QED) is 0.868. The van der Waals surface area contributed by atoms with Crippen LogP contribution in [0.25, 0.3) is 0 Å². The van der Waals surface area contributed by atoms with Gasteiger partial charge in [-0.3, -0.25) is 0 Å². The number of nitrogens with zero attached hydrogens (tertiary/aromatic N) is 1. The third kappa shape index (κ3) is 2.64. The number of hydrogen-bond acceptors (Lipinski definition) is 3. The van der Waals surface area contributed by atoms with Gasteiger partial charge in [0, 0.05) is 17.1 Å². The molecule has 2 nitrogen and oxygen atoms in total. The van der Waals surface area contributed by atoms with Gasteiger partial charge in [-0.05, 0) is 32.1 Å². The molecule has 0 aliphatic heterocycles. The molecule has 1 N–H and O–H groups in total. The summed E-state index contributed by atoms with van der Waals surface area (Å²) in [6, 6.07) is 1.11. The van der Waals surface area contributed by atoms with Gasteiger partial charge in [-0.15, -0.1) is 11.3 Å². The first-order chi connectivity index (χ1) is 7.70. The molecular formula is C13H22N2S. The number of nitrogens with one attached hydrogen (secondary N) is 1. The number of thiazole rings is 1. The topological polar surface area (TPSA) is 24.9 Å². The van der Waals surface area contributed by atoms with Crippen molar-refractivity contribution in [3.63, 3.8) is 0 Å². The molecule has 3 heteroatoms. The molecule has 1 fully saturated rings. The van der Waals surface area contributed by atoms with Gasteiger partial charge in [0.25, 0.3) is 0 Å². The Morgan fingerprint density at radius 1 is 1.56 bits per heavy atom. The second-order valence-electron chi connectivity index (χ2n) is 4.92. The van der Waals surface area contributed by atoms with Crippen LogP contribution in [-0.2, 0) is 6.42 Å². The summed E-state index contributed by atoms with van der Waals surface area (Å²) in [7, 11) is 0. The first-order valence-corrected chi connectivity index (χ1v) is 7.23. The zero-order valence-corrected chi connectivity index (χ0v) is 11.3. The molecule has 0 bridgehead atoms. The summed E-state index contributed by atoms with van der Waals surface area (Å²) in [5.41, 5.74) is 0. The van der Waals surface area contributed by atoms with Crippen LogP contribution in [0.5, 0.6) is 0 Å². The van der Waals surface area contributed by atoms with Gasteiger partial charge in [0.2, 0.25) is 0 Å². The molecule has 2 rings (SSSR count). The molecule has 1 aromatic heterocycles. The van der Waals surface area contributed by atoms with Crippen molar-refractivity contribution in [1.82, 2.24) is 10.3 Å². The van der Waals surface area contributed by atoms with Crippen molar-refractivity contribution in [2.24, 2.45) is 5.92 Å². The van der Waals surface area contributed by atoms with Gasteiger partial charge in [-0.1, -0.05) is 20.3 Å². The molecule has 3 unspecified atom stereocenters. The number of rotatable bonds is 4. The Labute approximate surface area is 102 Å². The molecule has 1 aromatic rings. The molecule has 0 aromatic carbocycles. The van der Waals surface area contributed by atoms with Crippen molar-refractivity contribution in [3.05, 3.63) is 16.1 Å². The highest BCUT2D eigenvalue weighted by atomic mass is 32.1. The summed E-state index contributed by atoms with van der Waals surface area (Å²) in [5, 5.41) is 4.98. The minimum absolute atomic E-state index is 0.413. The minimum atomic E-state index is 0.413. The number of hydrogen-bond donors (Lipinski definition) is 1. The predicted molar refractivity (Wildman–Crippen MR) is 69.8 cm³/mol. The van der Waals surface area contributed by atoms with Crippen molar-refractivity contribution in [2.75, 3.05) is 0 Å². The average molecular weight is 238 g/mol. The molecule has 0 radical (unpaired) electrons. The van der Waals surface area contributed by atoms with Gasteiger partial charge >= 0.3 is 0 Å². The van der Waals surface area contributed by atoms with E-state index >= 15 is 0 Å². The first-order valence-electron chi connectivity index (χ1n) is 6.41. The monoisotopic (exact) mass is 238 g/mol. The van der Waals surface area contributed by atoms with Gasteiger partial charge in [0.05, 0.1) is 6.04 Å². The molecule has 90 valence electrons. The molecule has 16 heavy (non-hydrogen) atoms. The Bertz CT molecular complexity index is 334. The molecule has 1 aliphatic rings. The van der Waals surface area contributed by atoms with E-state index < -0.39 is 0 Å². The van der Waals surface area contributed by atoms with E-state index in [1.54, 1.807) is 0 Å². The van der Waals surface area contributed by atoms with Crippen molar-refractivity contribution in [2.45, 2.75) is 58.5 Å². The predicted octanol–water partition coefficient (Wildman–Crippen LogP) is 3.54. The van der Waals surface area contributed by atoms with E-state index in [0.29, 0.717) is 12.1 Å². The fourth-order valence-electron chi connectivity index (χ4n) is 2.47. The third-order valence-electron chi connectivity index (χ3n) is 3.62. The molecular weight excluding hydrogens is 216 g/mol. The highest BCUT2D eigenvalue weighted by molar-refractivity contribution is 7.11. The van der Waals surface area contributed by atoms with Crippen LogP contribution in [0.1, 0.15) is 56.0 Å². The average Bonchev–Trinajstić information content (AvgIpc) is 2.88. The lowest BCUT2D eigenvalue weighted by atomic mass is 10.1. The van der Waals surface area contributed by atoms with E-state index in [1.165, 1.54) is 29.1 Å². The fourth-order valence-corrected chi connectivity index (χ4v) is 3.34. The zero-order valence-electron chi connectivity index (χ0n) is 10.5. The summed E-state index contributed by atoms with van der Waals surface area (Å²) < 4.78 is 0. The van der Waals surface area contributed by atoms with Crippen LogP contribution >= 0.6 is 11.3 Å². The summed E-state index contributed by atoms with van der Waals surface area (Å²) >= 11 is 1.85. The SMILES string of the molecule is CCc1cnc(C(C)NC2CCCC2C)s1. The standard InChI is InChI=1S/C13H22N2S/c1-4-11-8-14-13(16-11)10(3)15-12-7-5-6-9(12)2/h8-10,12,15H,4-7H2,1-3H3. The van der Waals surface area contributed by atoms with Crippen LogP contribution in [0.4, 0.5) is 0 Å². The maximum Gasteiger partial charge on any atom is 0.109 e. The van der Waals surface area contributed by atoms with Crippen LogP contribution in [0.2, 0.25) is 0 Å². The van der Waals surface area contributed by atoms with E-state index in [2.05, 4.69) is 31.1 Å². The summed E-state index contributed by atoms with van der Waals surface area (Å²) in [4.78, 5) is 5.90. The Morgan fingerprint density at radius 2 is 2.38 bits per heavy atom. The summed E-state index contributed by atoms with van der Waals surface area (Å²) in [6.07, 6.45) is 7.21. The molecule has 0 saturated heterocycles. The van der Waals surface area contributed by atoms with Crippen molar-refractivity contribution >= 4 is 11.3 Å². The highest BCUT2D eigenvalue weighted by Crippen LogP contribution is 2.28. The fraction of sp³-hybridized carbons (Fsp3) is 0.769. The van der Waals surface area contributed by atoms with Crippen molar-refractivity contribution in [1.29, 1.82) is 0 Å². The summed E-state index contributed by atoms with van der Waals surface area (Å²) in [6.45, 7) is 6.79. The van der Waals surface area contributed by atoms with Crippen LogP contribution in [0.15, 0.2) is 6.20 Å². The third-order valence-corrected chi connectivity index (χ3v) is 4.94. The lowest BCUT2D eigenvalue weighted by molar-refractivity contribution is 0.388. The van der Waals surface area contributed by atoms with Gasteiger partial charge in [0.15, 0.2) is 0 Å². The largest absolute Gasteiger partial charge is 0.305 e. The normalized spacial score (nSPS) is 27.2. The van der Waals surface area contributed by atoms with Crippen LogP contribution in [0.3, 0.4) is 0 Å². The van der Waals surface area contributed by atoms with E-state index in [0.717, 1.165) is 12.3 Å². The Kier molecular flexibility index (Phi) is 3.98. The van der Waals surface area contributed by atoms with Crippen molar-refractivity contribution in [3.8, 4) is 0 Å². The van der Waals surface area contributed by atoms with Crippen LogP contribution in [-0.4, -0.2) is 11.0 Å². The Hall–Kier alpha value is -0.410. The van der Waals surface area contributed by atoms with Gasteiger partial charge < -0.3 is 5.32 Å². The number of aromatic nitrogens is 1. The van der Waals surface area contributed by atoms with Gasteiger partial charge in [-0.2, -0.15) is 0 Å². The van der Waals surface area contributed by atoms with Crippen LogP contribution in [0, 0.1) is 5.92 Å². The second kappa shape index (κ2) is 5.28. The first kappa shape index (κ1) is 12.1. The molecule has 1 aliphatic carbocycles. The maximum atomic E-state index is 4.51. The molecule has 0 amide bonds. The lowest BCUT2D eigenvalue weighted by Crippen LogP contribution is -2.33. The second-order valence-corrected chi connectivity index (χ2v) is 6.07. The van der Waals surface area contributed by atoms with Gasteiger partial charge in [-0.25, -0.2) is 4.98 Å². The lowest BCUT2D eigenvalue weighted by Gasteiger charge is -2.21. The molecule has 0 spiro atoms. The Morgan fingerprint density at radius 3 is 2.94 bits per heavy atom. The molecule has 3 atom stereocenters. The molecule has 1 heterocycles. The van der Waals surface area contributed by atoms with E-state index in [4.69, 9.17) is 0 Å². The minimum Gasteiger partial charge on any atom is -0.305 e. The zero-order chi connectivity index (χ0) is 11.5. The van der Waals surface area contributed by atoms with Crippen LogP contribution < -0.4 is 5.32 Å². The smallest absolute Gasteiger partial charge is 0.109 e. The van der Waals surface area contributed by atoms with E-state index in [9.17, 15) is 0 Å². The van der Waals surface area contributed by atoms with E-state index in [-0.39, 0.29) is 0 Å². The van der Waals surface area contributed by atoms with Crippen molar-refractivity contribution < 1.29 is 0 Å². The summed E-state index contributed by atoms with van der Waals surface area (Å²) in [5.74, 6) is 0.827. The number of aryl methyl sites for hydroxylation is 1. The Balaban J connectivity index is 1.94. The maximum absolute atomic E-state index is 4.51. The van der Waals surface area contributed by atoms with E-state index in [1.807, 2.05) is 17.5 Å². The highest BCUT2D eigenvalue weighted by Gasteiger charge is 2.25.